The van der Waals surface area contributed by atoms with Crippen molar-refractivity contribution in [3.8, 4) is 11.8 Å². The van der Waals surface area contributed by atoms with Gasteiger partial charge in [0.25, 0.3) is 0 Å². The number of carbonyl (C=O) groups excluding carboxylic acids is 1. The summed E-state index contributed by atoms with van der Waals surface area (Å²) in [5.74, 6) is 5.28. The number of aliphatic hydroxyl groups is 3. The summed E-state index contributed by atoms with van der Waals surface area (Å²) in [6.07, 6.45) is 4.11. The number of benzene rings is 2. The number of aliphatic carboxylic acids is 1. The lowest BCUT2D eigenvalue weighted by Crippen LogP contribution is -2.63. The van der Waals surface area contributed by atoms with E-state index in [0.717, 1.165) is 23.7 Å². The van der Waals surface area contributed by atoms with Gasteiger partial charge in [0.05, 0.1) is 40.2 Å². The van der Waals surface area contributed by atoms with E-state index >= 15 is 4.39 Å². The molecule has 4 fully saturated rings. The number of hydrogen-bond donors (Lipinski definition) is 5. The maximum Gasteiger partial charge on any atom is 0.303 e. The van der Waals surface area contributed by atoms with Gasteiger partial charge < -0.3 is 25.7 Å². The van der Waals surface area contributed by atoms with Crippen LogP contribution in [0.2, 0.25) is 0 Å². The third kappa shape index (κ3) is 6.62. The van der Waals surface area contributed by atoms with Gasteiger partial charge >= 0.3 is 5.97 Å². The Morgan fingerprint density at radius 3 is 2.56 bits per heavy atom. The van der Waals surface area contributed by atoms with Crippen LogP contribution in [0.1, 0.15) is 113 Å². The first kappa shape index (κ1) is 38.4. The summed E-state index contributed by atoms with van der Waals surface area (Å²) in [6.45, 7) is 10.2. The lowest BCUT2D eigenvalue weighted by molar-refractivity contribution is -0.211. The van der Waals surface area contributed by atoms with E-state index in [9.17, 15) is 30.0 Å². The zero-order chi connectivity index (χ0) is 38.7. The highest BCUT2D eigenvalue weighted by molar-refractivity contribution is 6.08. The maximum atomic E-state index is 15.5. The number of rotatable bonds is 8. The Kier molecular flexibility index (Phi) is 10.2. The van der Waals surface area contributed by atoms with Gasteiger partial charge in [0.1, 0.15) is 11.4 Å². The van der Waals surface area contributed by atoms with Crippen molar-refractivity contribution in [2.75, 3.05) is 5.32 Å². The molecule has 1 heterocycles. The molecule has 0 radical (unpaired) electrons. The van der Waals surface area contributed by atoms with Gasteiger partial charge in [-0.25, -0.2) is 4.39 Å². The number of hydrogen-bond acceptors (Lipinski definition) is 7. The zero-order valence-corrected chi connectivity index (χ0v) is 32.2. The van der Waals surface area contributed by atoms with E-state index in [0.29, 0.717) is 61.0 Å². The van der Waals surface area contributed by atoms with E-state index in [1.165, 1.54) is 13.0 Å². The van der Waals surface area contributed by atoms with Gasteiger partial charge in [0, 0.05) is 18.4 Å². The molecule has 0 saturated heterocycles. The van der Waals surface area contributed by atoms with E-state index in [2.05, 4.69) is 42.9 Å². The number of pyridine rings is 1. The minimum Gasteiger partial charge on any atom is -0.481 e. The first-order valence-corrected chi connectivity index (χ1v) is 19.8. The number of nitrogens with one attached hydrogen (secondary N) is 1. The van der Waals surface area contributed by atoms with Crippen molar-refractivity contribution in [3.05, 3.63) is 70.7 Å². The SMILES string of the molecule is CC(=O)c1c(C)nc2ccccc2c1NCc1ccc(C#C[C@@]2(O)CC[C@@]3(C)C(C[C@@H](O)C4C3C[C@H](O)[C@@]3(C)C4CC[C@@H]3[C@H](C)CCC(=O)O)C2)c(F)c1. The molecule has 0 aliphatic heterocycles. The van der Waals surface area contributed by atoms with Crippen LogP contribution in [-0.2, 0) is 11.3 Å². The number of aromatic nitrogens is 1. The second-order valence-corrected chi connectivity index (χ2v) is 17.7. The van der Waals surface area contributed by atoms with Crippen LogP contribution < -0.4 is 5.32 Å². The number of carbonyl (C=O) groups is 2. The van der Waals surface area contributed by atoms with Crippen LogP contribution in [0.15, 0.2) is 42.5 Å². The summed E-state index contributed by atoms with van der Waals surface area (Å²) in [4.78, 5) is 28.5. The molecule has 0 spiro atoms. The van der Waals surface area contributed by atoms with Crippen LogP contribution in [0, 0.1) is 70.9 Å². The van der Waals surface area contributed by atoms with Gasteiger partial charge in [0.15, 0.2) is 5.78 Å². The fraction of sp³-hybridized carbons (Fsp3) is 0.578. The molecule has 54 heavy (non-hydrogen) atoms. The number of halogens is 1. The summed E-state index contributed by atoms with van der Waals surface area (Å²) in [5.41, 5.74) is 1.58. The highest BCUT2D eigenvalue weighted by atomic mass is 19.1. The first-order chi connectivity index (χ1) is 25.6. The molecule has 11 atom stereocenters. The van der Waals surface area contributed by atoms with Crippen LogP contribution in [0.5, 0.6) is 0 Å². The van der Waals surface area contributed by atoms with Crippen molar-refractivity contribution in [1.82, 2.24) is 4.98 Å². The molecule has 0 bridgehead atoms. The van der Waals surface area contributed by atoms with Crippen LogP contribution in [0.4, 0.5) is 10.1 Å². The van der Waals surface area contributed by atoms with Crippen molar-refractivity contribution in [2.45, 2.75) is 117 Å². The second-order valence-electron chi connectivity index (χ2n) is 17.7. The molecule has 3 aromatic rings. The molecule has 4 aliphatic carbocycles. The summed E-state index contributed by atoms with van der Waals surface area (Å²) < 4.78 is 15.5. The molecule has 2 aromatic carbocycles. The predicted octanol–water partition coefficient (Wildman–Crippen LogP) is 7.68. The van der Waals surface area contributed by atoms with E-state index < -0.39 is 29.6 Å². The first-order valence-electron chi connectivity index (χ1n) is 19.8. The van der Waals surface area contributed by atoms with Crippen molar-refractivity contribution < 1.29 is 34.4 Å². The number of fused-ring (bicyclic) bond motifs is 6. The quantitative estimate of drug-likeness (QED) is 0.117. The van der Waals surface area contributed by atoms with E-state index in [1.807, 2.05) is 31.2 Å². The maximum absolute atomic E-state index is 15.5. The van der Waals surface area contributed by atoms with Crippen molar-refractivity contribution in [1.29, 1.82) is 0 Å². The summed E-state index contributed by atoms with van der Waals surface area (Å²) in [7, 11) is 0. The van der Waals surface area contributed by atoms with Crippen LogP contribution in [0.3, 0.4) is 0 Å². The normalized spacial score (nSPS) is 34.9. The molecule has 5 N–H and O–H groups in total. The highest BCUT2D eigenvalue weighted by Crippen LogP contribution is 2.69. The number of aryl methyl sites for hydroxylation is 1. The summed E-state index contributed by atoms with van der Waals surface area (Å²) >= 11 is 0. The Hall–Kier alpha value is -3.84. The second kappa shape index (κ2) is 14.3. The number of anilines is 1. The number of carboxylic acids is 1. The molecule has 7 rings (SSSR count). The number of carboxylic acid groups (broad SMARTS) is 1. The van der Waals surface area contributed by atoms with Gasteiger partial charge in [-0.1, -0.05) is 56.9 Å². The van der Waals surface area contributed by atoms with Crippen LogP contribution >= 0.6 is 0 Å². The van der Waals surface area contributed by atoms with Crippen LogP contribution in [0.25, 0.3) is 10.9 Å². The van der Waals surface area contributed by atoms with Gasteiger partial charge in [-0.05, 0) is 135 Å². The molecule has 9 heteroatoms. The molecular formula is C45H55FN2O6. The number of ketones is 1. The van der Waals surface area contributed by atoms with E-state index in [1.54, 1.807) is 12.1 Å². The topological polar surface area (TPSA) is 140 Å². The van der Waals surface area contributed by atoms with Crippen molar-refractivity contribution in [3.63, 3.8) is 0 Å². The highest BCUT2D eigenvalue weighted by Gasteiger charge is 2.66. The predicted molar refractivity (Wildman–Crippen MR) is 206 cm³/mol. The number of aliphatic hydroxyl groups excluding tert-OH is 2. The molecular weight excluding hydrogens is 684 g/mol. The third-order valence-corrected chi connectivity index (χ3v) is 14.8. The lowest BCUT2D eigenvalue weighted by Gasteiger charge is -2.64. The average Bonchev–Trinajstić information content (AvgIpc) is 3.48. The molecule has 4 aliphatic rings. The van der Waals surface area contributed by atoms with Crippen molar-refractivity contribution in [2.24, 2.45) is 46.3 Å². The fourth-order valence-electron chi connectivity index (χ4n) is 11.9. The largest absolute Gasteiger partial charge is 0.481 e. The Morgan fingerprint density at radius 2 is 1.83 bits per heavy atom. The molecule has 288 valence electrons. The zero-order valence-electron chi connectivity index (χ0n) is 32.2. The Morgan fingerprint density at radius 1 is 1.07 bits per heavy atom. The minimum absolute atomic E-state index is 0.00357. The molecule has 8 nitrogen and oxygen atoms in total. The van der Waals surface area contributed by atoms with Gasteiger partial charge in [0.2, 0.25) is 0 Å². The lowest BCUT2D eigenvalue weighted by atomic mass is 9.42. The molecule has 4 unspecified atom stereocenters. The monoisotopic (exact) mass is 738 g/mol. The third-order valence-electron chi connectivity index (χ3n) is 14.8. The standard InChI is InChI=1S/C45H55FN2O6/c1-25(10-15-39(52)53)32-13-14-33-41-34(22-38(51)44(32,33)5)43(4)18-19-45(54,23-30(43)21-37(41)50)17-16-29-12-11-28(20-35(29)46)24-47-42-31-8-6-7-9-36(31)48-26(2)40(42)27(3)49/h6-9,11-12,20,25,30,32-34,37-38,41,50-51,54H,10,13-15,18-19,21-24H2,1-5H3,(H,47,48)(H,52,53)/t25-,30?,32-,33?,34?,37-,38+,41?,43+,44-,45-/m1/s1. The smallest absolute Gasteiger partial charge is 0.303 e. The number of Topliss-reactive ketones (excluding diaryl/α,β-unsaturated/α-hetero) is 1. The van der Waals surface area contributed by atoms with E-state index in [-0.39, 0.29) is 70.6 Å². The van der Waals surface area contributed by atoms with Crippen LogP contribution in [-0.4, -0.2) is 55.0 Å². The summed E-state index contributed by atoms with van der Waals surface area (Å²) in [6, 6.07) is 12.5. The fourth-order valence-corrected chi connectivity index (χ4v) is 11.9. The van der Waals surface area contributed by atoms with Gasteiger partial charge in [-0.3, -0.25) is 14.6 Å². The van der Waals surface area contributed by atoms with Crippen molar-refractivity contribution >= 4 is 28.3 Å². The average molecular weight is 739 g/mol. The molecule has 4 saturated carbocycles. The Labute approximate surface area is 318 Å². The Bertz CT molecular complexity index is 2020. The number of nitrogens with zero attached hydrogens (tertiary/aromatic N) is 1. The Balaban J connectivity index is 1.05. The molecule has 1 aromatic heterocycles. The van der Waals surface area contributed by atoms with Gasteiger partial charge in [-0.15, -0.1) is 0 Å². The summed E-state index contributed by atoms with van der Waals surface area (Å²) in [5, 5.41) is 49.0. The van der Waals surface area contributed by atoms with Gasteiger partial charge in [-0.2, -0.15) is 0 Å². The number of para-hydroxylation sites is 1. The van der Waals surface area contributed by atoms with E-state index in [4.69, 9.17) is 0 Å². The minimum atomic E-state index is -1.33. The molecule has 0 amide bonds.